The number of carbonyl (C=O) groups excluding carboxylic acids is 1. The molecule has 2 heterocycles. The van der Waals surface area contributed by atoms with E-state index >= 15 is 0 Å². The summed E-state index contributed by atoms with van der Waals surface area (Å²) in [6, 6.07) is 14.7. The van der Waals surface area contributed by atoms with Gasteiger partial charge in [0.05, 0.1) is 11.1 Å². The Balaban J connectivity index is 1.54. The number of para-hydroxylation sites is 1. The van der Waals surface area contributed by atoms with Crippen molar-refractivity contribution in [3.63, 3.8) is 0 Å². The largest absolute Gasteiger partial charge is 0.457 e. The van der Waals surface area contributed by atoms with Gasteiger partial charge in [-0.2, -0.15) is 0 Å². The first-order valence-electron chi connectivity index (χ1n) is 10.2. The molecule has 0 N–H and O–H groups in total. The van der Waals surface area contributed by atoms with E-state index in [2.05, 4.69) is 0 Å². The second-order valence-corrected chi connectivity index (χ2v) is 7.80. The second-order valence-electron chi connectivity index (χ2n) is 7.80. The summed E-state index contributed by atoms with van der Waals surface area (Å²) in [4.78, 5) is 30.0. The number of rotatable bonds is 3. The normalized spacial score (nSPS) is 13.4. The molecule has 4 aromatic rings. The van der Waals surface area contributed by atoms with Crippen molar-refractivity contribution in [3.05, 3.63) is 86.9 Å². The number of fused-ring (bicyclic) bond motifs is 3. The molecule has 0 radical (unpaired) electrons. The minimum Gasteiger partial charge on any atom is -0.457 e. The molecule has 1 aliphatic carbocycles. The predicted molar refractivity (Wildman–Crippen MR) is 115 cm³/mol. The molecule has 0 aliphatic heterocycles. The van der Waals surface area contributed by atoms with Crippen LogP contribution in [0, 0.1) is 6.92 Å². The summed E-state index contributed by atoms with van der Waals surface area (Å²) in [5.74, 6) is -0.375. The average molecular weight is 399 g/mol. The maximum atomic E-state index is 13.2. The van der Waals surface area contributed by atoms with E-state index in [4.69, 9.17) is 14.1 Å². The first-order chi connectivity index (χ1) is 14.6. The van der Waals surface area contributed by atoms with Gasteiger partial charge in [0.2, 0.25) is 0 Å². The SMILES string of the molecule is Cc1ccc2c(COC(=O)c3c4c(nc5ccccc35)CCCC4)cc(=O)oc2c1. The van der Waals surface area contributed by atoms with E-state index in [0.29, 0.717) is 16.7 Å². The molecule has 2 aromatic heterocycles. The molecule has 0 saturated carbocycles. The maximum Gasteiger partial charge on any atom is 0.339 e. The van der Waals surface area contributed by atoms with Gasteiger partial charge >= 0.3 is 11.6 Å². The standard InChI is InChI=1S/C25H21NO4/c1-15-10-11-17-16(13-23(27)30-22(17)12-15)14-29-25(28)24-18-6-2-4-8-20(18)26-21-9-5-3-7-19(21)24/h2,4,6,8,10-13H,3,5,7,9,14H2,1H3. The number of nitrogens with zero attached hydrogens (tertiary/aromatic N) is 1. The third-order valence-electron chi connectivity index (χ3n) is 5.72. The average Bonchev–Trinajstić information content (AvgIpc) is 2.75. The molecule has 0 fully saturated rings. The number of aromatic nitrogens is 1. The lowest BCUT2D eigenvalue weighted by Crippen LogP contribution is -2.16. The lowest BCUT2D eigenvalue weighted by molar-refractivity contribution is 0.0474. The summed E-state index contributed by atoms with van der Waals surface area (Å²) in [6.45, 7) is 1.94. The molecular formula is C25H21NO4. The van der Waals surface area contributed by atoms with Gasteiger partial charge in [0.25, 0.3) is 0 Å². The van der Waals surface area contributed by atoms with E-state index in [1.807, 2.05) is 49.4 Å². The molecule has 1 aliphatic rings. The van der Waals surface area contributed by atoms with E-state index in [1.54, 1.807) is 0 Å². The van der Waals surface area contributed by atoms with Crippen molar-refractivity contribution in [3.8, 4) is 0 Å². The van der Waals surface area contributed by atoms with Gasteiger partial charge in [0.15, 0.2) is 0 Å². The molecule has 0 spiro atoms. The molecule has 30 heavy (non-hydrogen) atoms. The summed E-state index contributed by atoms with van der Waals surface area (Å²) < 4.78 is 11.0. The number of aryl methyl sites for hydroxylation is 2. The van der Waals surface area contributed by atoms with E-state index < -0.39 is 5.63 Å². The van der Waals surface area contributed by atoms with E-state index in [9.17, 15) is 9.59 Å². The Morgan fingerprint density at radius 3 is 2.80 bits per heavy atom. The topological polar surface area (TPSA) is 69.4 Å². The van der Waals surface area contributed by atoms with Gasteiger partial charge in [0, 0.05) is 28.1 Å². The lowest BCUT2D eigenvalue weighted by atomic mass is 9.90. The molecular weight excluding hydrogens is 378 g/mol. The number of carbonyl (C=O) groups is 1. The van der Waals surface area contributed by atoms with Gasteiger partial charge < -0.3 is 9.15 Å². The minimum atomic E-state index is -0.453. The molecule has 5 nitrogen and oxygen atoms in total. The molecule has 150 valence electrons. The Bertz CT molecular complexity index is 1350. The zero-order valence-electron chi connectivity index (χ0n) is 16.7. The highest BCUT2D eigenvalue weighted by Crippen LogP contribution is 2.30. The van der Waals surface area contributed by atoms with Crippen molar-refractivity contribution in [2.24, 2.45) is 0 Å². The molecule has 0 bridgehead atoms. The highest BCUT2D eigenvalue weighted by atomic mass is 16.5. The monoisotopic (exact) mass is 399 g/mol. The number of benzene rings is 2. The Kier molecular flexibility index (Phi) is 4.58. The van der Waals surface area contributed by atoms with Crippen LogP contribution in [0.1, 0.15) is 45.6 Å². The number of ether oxygens (including phenoxy) is 1. The van der Waals surface area contributed by atoms with Crippen LogP contribution in [-0.4, -0.2) is 11.0 Å². The fourth-order valence-corrected chi connectivity index (χ4v) is 4.28. The van der Waals surface area contributed by atoms with Crippen molar-refractivity contribution in [2.45, 2.75) is 39.2 Å². The highest BCUT2D eigenvalue weighted by Gasteiger charge is 2.23. The molecule has 2 aromatic carbocycles. The van der Waals surface area contributed by atoms with Gasteiger partial charge in [-0.1, -0.05) is 30.3 Å². The minimum absolute atomic E-state index is 0.00934. The Hall–Kier alpha value is -3.47. The van der Waals surface area contributed by atoms with Crippen LogP contribution in [0.5, 0.6) is 0 Å². The fraction of sp³-hybridized carbons (Fsp3) is 0.240. The number of hydrogen-bond acceptors (Lipinski definition) is 5. The predicted octanol–water partition coefficient (Wildman–Crippen LogP) is 4.89. The van der Waals surface area contributed by atoms with Gasteiger partial charge in [-0.05, 0) is 55.9 Å². The zero-order valence-corrected chi connectivity index (χ0v) is 16.7. The highest BCUT2D eigenvalue weighted by molar-refractivity contribution is 6.05. The zero-order chi connectivity index (χ0) is 20.7. The first-order valence-corrected chi connectivity index (χ1v) is 10.2. The second kappa shape index (κ2) is 7.41. The lowest BCUT2D eigenvalue weighted by Gasteiger charge is -2.20. The van der Waals surface area contributed by atoms with Crippen LogP contribution >= 0.6 is 0 Å². The summed E-state index contributed by atoms with van der Waals surface area (Å²) in [5, 5.41) is 1.59. The number of hydrogen-bond donors (Lipinski definition) is 0. The van der Waals surface area contributed by atoms with Crippen molar-refractivity contribution < 1.29 is 13.9 Å². The van der Waals surface area contributed by atoms with Crippen LogP contribution in [0.15, 0.2) is 57.7 Å². The van der Waals surface area contributed by atoms with Crippen LogP contribution in [0.25, 0.3) is 21.9 Å². The van der Waals surface area contributed by atoms with Gasteiger partial charge in [-0.15, -0.1) is 0 Å². The van der Waals surface area contributed by atoms with E-state index in [1.165, 1.54) is 6.07 Å². The van der Waals surface area contributed by atoms with E-state index in [0.717, 1.165) is 58.8 Å². The van der Waals surface area contributed by atoms with Crippen molar-refractivity contribution in [1.82, 2.24) is 4.98 Å². The summed E-state index contributed by atoms with van der Waals surface area (Å²) in [5.41, 5.74) is 5.10. The van der Waals surface area contributed by atoms with Gasteiger partial charge in [-0.3, -0.25) is 4.98 Å². The van der Waals surface area contributed by atoms with Crippen LogP contribution in [0.2, 0.25) is 0 Å². The molecule has 0 saturated heterocycles. The molecule has 0 atom stereocenters. The van der Waals surface area contributed by atoms with Crippen LogP contribution < -0.4 is 5.63 Å². The van der Waals surface area contributed by atoms with Crippen molar-refractivity contribution >= 4 is 27.8 Å². The van der Waals surface area contributed by atoms with E-state index in [-0.39, 0.29) is 12.6 Å². The Labute approximate surface area is 173 Å². The molecule has 0 unspecified atom stereocenters. The number of esters is 1. The first kappa shape index (κ1) is 18.6. The van der Waals surface area contributed by atoms with Crippen molar-refractivity contribution in [1.29, 1.82) is 0 Å². The third kappa shape index (κ3) is 3.26. The summed E-state index contributed by atoms with van der Waals surface area (Å²) >= 11 is 0. The van der Waals surface area contributed by atoms with Gasteiger partial charge in [0.1, 0.15) is 12.2 Å². The summed E-state index contributed by atoms with van der Waals surface area (Å²) in [7, 11) is 0. The van der Waals surface area contributed by atoms with Crippen LogP contribution in [-0.2, 0) is 24.2 Å². The smallest absolute Gasteiger partial charge is 0.339 e. The number of pyridine rings is 1. The molecule has 5 rings (SSSR count). The van der Waals surface area contributed by atoms with Crippen molar-refractivity contribution in [2.75, 3.05) is 0 Å². The Morgan fingerprint density at radius 2 is 1.90 bits per heavy atom. The maximum absolute atomic E-state index is 13.2. The van der Waals surface area contributed by atoms with Crippen LogP contribution in [0.3, 0.4) is 0 Å². The third-order valence-corrected chi connectivity index (χ3v) is 5.72. The molecule has 0 amide bonds. The quantitative estimate of drug-likeness (QED) is 0.363. The van der Waals surface area contributed by atoms with Crippen LogP contribution in [0.4, 0.5) is 0 Å². The summed E-state index contributed by atoms with van der Waals surface area (Å²) in [6.07, 6.45) is 3.83. The van der Waals surface area contributed by atoms with Gasteiger partial charge in [-0.25, -0.2) is 9.59 Å². The fourth-order valence-electron chi connectivity index (χ4n) is 4.28. The Morgan fingerprint density at radius 1 is 1.07 bits per heavy atom. The molecule has 5 heteroatoms.